The zero-order chi connectivity index (χ0) is 16.7. The highest BCUT2D eigenvalue weighted by molar-refractivity contribution is 6.35. The molecule has 4 aromatic rings. The SMILES string of the molecule is Fc1cc(-c2cc(Cl)cc(Cl)c2)ccc1-c1nc2ccccc2[nH]1. The van der Waals surface area contributed by atoms with E-state index >= 15 is 0 Å². The average molecular weight is 357 g/mol. The van der Waals surface area contributed by atoms with Crippen LogP contribution >= 0.6 is 23.2 Å². The molecule has 1 heterocycles. The van der Waals surface area contributed by atoms with Crippen molar-refractivity contribution >= 4 is 34.2 Å². The fourth-order valence-corrected chi connectivity index (χ4v) is 3.21. The Labute approximate surface area is 147 Å². The van der Waals surface area contributed by atoms with Crippen LogP contribution in [0, 0.1) is 5.82 Å². The first-order chi connectivity index (χ1) is 11.6. The molecule has 0 fully saturated rings. The monoisotopic (exact) mass is 356 g/mol. The van der Waals surface area contributed by atoms with E-state index in [1.807, 2.05) is 30.3 Å². The van der Waals surface area contributed by atoms with Gasteiger partial charge in [-0.1, -0.05) is 41.4 Å². The smallest absolute Gasteiger partial charge is 0.141 e. The summed E-state index contributed by atoms with van der Waals surface area (Å²) in [6.45, 7) is 0. The molecule has 118 valence electrons. The van der Waals surface area contributed by atoms with Gasteiger partial charge in [0.25, 0.3) is 0 Å². The Hall–Kier alpha value is -2.36. The van der Waals surface area contributed by atoms with Crippen LogP contribution in [0.5, 0.6) is 0 Å². The lowest BCUT2D eigenvalue weighted by Crippen LogP contribution is -1.88. The molecule has 0 spiro atoms. The first-order valence-corrected chi connectivity index (χ1v) is 8.07. The number of hydrogen-bond acceptors (Lipinski definition) is 1. The van der Waals surface area contributed by atoms with Crippen LogP contribution in [0.15, 0.2) is 60.7 Å². The van der Waals surface area contributed by atoms with E-state index < -0.39 is 0 Å². The predicted molar refractivity (Wildman–Crippen MR) is 96.9 cm³/mol. The van der Waals surface area contributed by atoms with Crippen LogP contribution in [0.2, 0.25) is 10.0 Å². The summed E-state index contributed by atoms with van der Waals surface area (Å²) in [5, 5.41) is 1.03. The summed E-state index contributed by atoms with van der Waals surface area (Å²) in [5.41, 5.74) is 3.57. The van der Waals surface area contributed by atoms with E-state index in [0.29, 0.717) is 27.0 Å². The second kappa shape index (κ2) is 5.93. The van der Waals surface area contributed by atoms with E-state index in [0.717, 1.165) is 16.6 Å². The van der Waals surface area contributed by atoms with Crippen LogP contribution < -0.4 is 0 Å². The Morgan fingerprint density at radius 3 is 2.29 bits per heavy atom. The Morgan fingerprint density at radius 2 is 1.58 bits per heavy atom. The minimum atomic E-state index is -0.359. The van der Waals surface area contributed by atoms with Crippen LogP contribution in [-0.4, -0.2) is 9.97 Å². The minimum absolute atomic E-state index is 0.359. The zero-order valence-corrected chi connectivity index (χ0v) is 13.9. The summed E-state index contributed by atoms with van der Waals surface area (Å²) in [4.78, 5) is 7.57. The van der Waals surface area contributed by atoms with Gasteiger partial charge in [-0.25, -0.2) is 9.37 Å². The molecule has 1 aromatic heterocycles. The van der Waals surface area contributed by atoms with E-state index in [-0.39, 0.29) is 5.82 Å². The molecule has 0 aliphatic heterocycles. The predicted octanol–water partition coefficient (Wildman–Crippen LogP) is 6.34. The van der Waals surface area contributed by atoms with Crippen molar-refractivity contribution in [1.82, 2.24) is 9.97 Å². The molecule has 4 rings (SSSR count). The molecule has 2 nitrogen and oxygen atoms in total. The normalized spacial score (nSPS) is 11.1. The summed E-state index contributed by atoms with van der Waals surface area (Å²) >= 11 is 12.0. The standard InChI is InChI=1S/C19H11Cl2FN2/c20-13-7-12(8-14(21)10-13)11-5-6-15(16(22)9-11)19-23-17-3-1-2-4-18(17)24-19/h1-10H,(H,23,24). The van der Waals surface area contributed by atoms with Gasteiger partial charge >= 0.3 is 0 Å². The molecule has 0 atom stereocenters. The van der Waals surface area contributed by atoms with Crippen molar-refractivity contribution in [2.45, 2.75) is 0 Å². The number of aromatic nitrogens is 2. The van der Waals surface area contributed by atoms with Gasteiger partial charge in [0, 0.05) is 10.0 Å². The van der Waals surface area contributed by atoms with Gasteiger partial charge in [0.15, 0.2) is 0 Å². The lowest BCUT2D eigenvalue weighted by molar-refractivity contribution is 0.631. The molecule has 0 aliphatic carbocycles. The van der Waals surface area contributed by atoms with Crippen molar-refractivity contribution < 1.29 is 4.39 Å². The number of aromatic amines is 1. The first-order valence-electron chi connectivity index (χ1n) is 7.31. The van der Waals surface area contributed by atoms with Crippen LogP contribution in [0.1, 0.15) is 0 Å². The van der Waals surface area contributed by atoms with E-state index in [1.165, 1.54) is 6.07 Å². The molecular formula is C19H11Cl2FN2. The first kappa shape index (κ1) is 15.2. The van der Waals surface area contributed by atoms with Crippen molar-refractivity contribution in [2.75, 3.05) is 0 Å². The highest BCUT2D eigenvalue weighted by Crippen LogP contribution is 2.31. The molecule has 1 N–H and O–H groups in total. The number of rotatable bonds is 2. The van der Waals surface area contributed by atoms with Gasteiger partial charge in [0.2, 0.25) is 0 Å². The molecule has 24 heavy (non-hydrogen) atoms. The van der Waals surface area contributed by atoms with Gasteiger partial charge in [-0.05, 0) is 53.6 Å². The number of halogens is 3. The summed E-state index contributed by atoms with van der Waals surface area (Å²) < 4.78 is 14.6. The molecule has 3 aromatic carbocycles. The molecule has 0 bridgehead atoms. The van der Waals surface area contributed by atoms with Crippen molar-refractivity contribution in [1.29, 1.82) is 0 Å². The maximum Gasteiger partial charge on any atom is 0.141 e. The molecular weight excluding hydrogens is 346 g/mol. The lowest BCUT2D eigenvalue weighted by atomic mass is 10.0. The van der Waals surface area contributed by atoms with E-state index in [1.54, 1.807) is 24.3 Å². The third-order valence-electron chi connectivity index (χ3n) is 3.81. The van der Waals surface area contributed by atoms with Crippen LogP contribution in [-0.2, 0) is 0 Å². The summed E-state index contributed by atoms with van der Waals surface area (Å²) in [5.74, 6) is 0.145. The Kier molecular flexibility index (Phi) is 3.75. The van der Waals surface area contributed by atoms with E-state index in [4.69, 9.17) is 23.2 Å². The maximum atomic E-state index is 14.6. The topological polar surface area (TPSA) is 28.7 Å². The molecule has 0 saturated heterocycles. The van der Waals surface area contributed by atoms with Crippen molar-refractivity contribution in [2.24, 2.45) is 0 Å². The fourth-order valence-electron chi connectivity index (χ4n) is 2.69. The van der Waals surface area contributed by atoms with Gasteiger partial charge in [0.1, 0.15) is 11.6 Å². The number of nitrogens with one attached hydrogen (secondary N) is 1. The number of H-pyrrole nitrogens is 1. The summed E-state index contributed by atoms with van der Waals surface area (Å²) in [6.07, 6.45) is 0. The largest absolute Gasteiger partial charge is 0.338 e. The zero-order valence-electron chi connectivity index (χ0n) is 12.4. The molecule has 0 amide bonds. The summed E-state index contributed by atoms with van der Waals surface area (Å²) in [7, 11) is 0. The summed E-state index contributed by atoms with van der Waals surface area (Å²) in [6, 6.07) is 17.7. The number of hydrogen-bond donors (Lipinski definition) is 1. The van der Waals surface area contributed by atoms with Gasteiger partial charge in [-0.2, -0.15) is 0 Å². The number of para-hydroxylation sites is 2. The number of fused-ring (bicyclic) bond motifs is 1. The fraction of sp³-hybridized carbons (Fsp3) is 0. The minimum Gasteiger partial charge on any atom is -0.338 e. The average Bonchev–Trinajstić information content (AvgIpc) is 2.97. The van der Waals surface area contributed by atoms with Gasteiger partial charge < -0.3 is 4.98 Å². The third-order valence-corrected chi connectivity index (χ3v) is 4.25. The highest BCUT2D eigenvalue weighted by atomic mass is 35.5. The van der Waals surface area contributed by atoms with Gasteiger partial charge in [0.05, 0.1) is 16.6 Å². The number of benzene rings is 3. The van der Waals surface area contributed by atoms with Crippen molar-refractivity contribution in [3.63, 3.8) is 0 Å². The second-order valence-electron chi connectivity index (χ2n) is 5.46. The second-order valence-corrected chi connectivity index (χ2v) is 6.33. The Balaban J connectivity index is 1.79. The molecule has 0 aliphatic rings. The third kappa shape index (κ3) is 2.77. The highest BCUT2D eigenvalue weighted by Gasteiger charge is 2.12. The van der Waals surface area contributed by atoms with E-state index in [9.17, 15) is 4.39 Å². The van der Waals surface area contributed by atoms with Crippen LogP contribution in [0.3, 0.4) is 0 Å². The maximum absolute atomic E-state index is 14.6. The Bertz CT molecular complexity index is 1000. The molecule has 0 radical (unpaired) electrons. The molecule has 0 unspecified atom stereocenters. The van der Waals surface area contributed by atoms with Gasteiger partial charge in [-0.3, -0.25) is 0 Å². The van der Waals surface area contributed by atoms with Crippen molar-refractivity contribution in [3.8, 4) is 22.5 Å². The van der Waals surface area contributed by atoms with Gasteiger partial charge in [-0.15, -0.1) is 0 Å². The molecule has 5 heteroatoms. The Morgan fingerprint density at radius 1 is 0.833 bits per heavy atom. The number of imidazole rings is 1. The van der Waals surface area contributed by atoms with Crippen LogP contribution in [0.25, 0.3) is 33.5 Å². The molecule has 0 saturated carbocycles. The number of nitrogens with zero attached hydrogens (tertiary/aromatic N) is 1. The quantitative estimate of drug-likeness (QED) is 0.445. The lowest BCUT2D eigenvalue weighted by Gasteiger charge is -2.06. The van der Waals surface area contributed by atoms with Crippen molar-refractivity contribution in [3.05, 3.63) is 76.5 Å². The van der Waals surface area contributed by atoms with E-state index in [2.05, 4.69) is 9.97 Å². The van der Waals surface area contributed by atoms with Crippen LogP contribution in [0.4, 0.5) is 4.39 Å².